The average Bonchev–Trinajstić information content (AvgIpc) is 2.97. The maximum atomic E-state index is 12.8. The number of rotatable bonds is 5. The van der Waals surface area contributed by atoms with Crippen molar-refractivity contribution in [2.45, 2.75) is 43.9 Å². The van der Waals surface area contributed by atoms with Gasteiger partial charge in [0.05, 0.1) is 12.1 Å². The van der Waals surface area contributed by atoms with Gasteiger partial charge in [0.2, 0.25) is 5.91 Å². The Labute approximate surface area is 168 Å². The highest BCUT2D eigenvalue weighted by Crippen LogP contribution is 2.29. The van der Waals surface area contributed by atoms with Crippen molar-refractivity contribution in [3.63, 3.8) is 0 Å². The average molecular weight is 412 g/mol. The van der Waals surface area contributed by atoms with Crippen LogP contribution in [-0.4, -0.2) is 61.5 Å². The second-order valence-electron chi connectivity index (χ2n) is 7.64. The van der Waals surface area contributed by atoms with Gasteiger partial charge in [-0.05, 0) is 57.0 Å². The molecule has 2 atom stereocenters. The number of halogens is 3. The summed E-state index contributed by atoms with van der Waals surface area (Å²) in [7, 11) is 0. The number of carbonyl (C=O) groups is 2. The summed E-state index contributed by atoms with van der Waals surface area (Å²) >= 11 is 0. The highest BCUT2D eigenvalue weighted by atomic mass is 19.4. The van der Waals surface area contributed by atoms with Crippen LogP contribution in [0.25, 0.3) is 0 Å². The van der Waals surface area contributed by atoms with Crippen molar-refractivity contribution in [2.75, 3.05) is 32.7 Å². The molecule has 3 N–H and O–H groups in total. The summed E-state index contributed by atoms with van der Waals surface area (Å²) in [5.74, 6) is -1.04. The largest absolute Gasteiger partial charge is 0.416 e. The second kappa shape index (κ2) is 9.58. The van der Waals surface area contributed by atoms with Gasteiger partial charge >= 0.3 is 6.18 Å². The number of carbonyl (C=O) groups excluding carboxylic acids is 2. The van der Waals surface area contributed by atoms with E-state index in [0.717, 1.165) is 64.0 Å². The lowest BCUT2D eigenvalue weighted by molar-refractivity contribution is -0.137. The number of alkyl halides is 3. The minimum absolute atomic E-state index is 0.0316. The smallest absolute Gasteiger partial charge is 0.350 e. The summed E-state index contributed by atoms with van der Waals surface area (Å²) in [5.41, 5.74) is -1.02. The van der Waals surface area contributed by atoms with Crippen molar-refractivity contribution < 1.29 is 22.8 Å². The Morgan fingerprint density at radius 2 is 2.00 bits per heavy atom. The molecule has 2 fully saturated rings. The summed E-state index contributed by atoms with van der Waals surface area (Å²) in [6, 6.07) is 4.72. The van der Waals surface area contributed by atoms with Gasteiger partial charge < -0.3 is 16.0 Å². The van der Waals surface area contributed by atoms with E-state index in [4.69, 9.17) is 0 Å². The maximum Gasteiger partial charge on any atom is 0.416 e. The van der Waals surface area contributed by atoms with Crippen molar-refractivity contribution in [1.82, 2.24) is 20.9 Å². The van der Waals surface area contributed by atoms with Crippen LogP contribution in [0.5, 0.6) is 0 Å². The first-order chi connectivity index (χ1) is 13.8. The summed E-state index contributed by atoms with van der Waals surface area (Å²) in [6.45, 7) is 3.53. The molecule has 0 spiro atoms. The highest BCUT2D eigenvalue weighted by molar-refractivity contribution is 5.96. The van der Waals surface area contributed by atoms with Crippen LogP contribution in [0, 0.1) is 0 Å². The molecule has 29 heavy (non-hydrogen) atoms. The number of amides is 2. The normalized spacial score (nSPS) is 23.4. The van der Waals surface area contributed by atoms with Crippen LogP contribution in [0.1, 0.15) is 41.6 Å². The molecule has 2 heterocycles. The number of nitrogens with zero attached hydrogens (tertiary/aromatic N) is 1. The van der Waals surface area contributed by atoms with E-state index in [1.807, 2.05) is 0 Å². The number of hydrogen-bond donors (Lipinski definition) is 3. The lowest BCUT2D eigenvalue weighted by Gasteiger charge is -2.26. The van der Waals surface area contributed by atoms with E-state index in [9.17, 15) is 22.8 Å². The Bertz CT molecular complexity index is 718. The fraction of sp³-hybridized carbons (Fsp3) is 0.600. The molecule has 0 aromatic heterocycles. The molecule has 1 aromatic carbocycles. The maximum absolute atomic E-state index is 12.8. The third-order valence-electron chi connectivity index (χ3n) is 5.51. The molecular formula is C20H27F3N4O2. The second-order valence-corrected chi connectivity index (χ2v) is 7.64. The molecule has 1 unspecified atom stereocenters. The fourth-order valence-electron chi connectivity index (χ4n) is 3.98. The molecule has 9 heteroatoms. The van der Waals surface area contributed by atoms with Crippen molar-refractivity contribution >= 4 is 11.8 Å². The Morgan fingerprint density at radius 1 is 1.17 bits per heavy atom. The molecule has 0 bridgehead atoms. The van der Waals surface area contributed by atoms with Gasteiger partial charge in [0.25, 0.3) is 5.91 Å². The van der Waals surface area contributed by atoms with Crippen LogP contribution in [-0.2, 0) is 11.0 Å². The van der Waals surface area contributed by atoms with E-state index in [-0.39, 0.29) is 24.1 Å². The summed E-state index contributed by atoms with van der Waals surface area (Å²) in [4.78, 5) is 26.7. The number of likely N-dealkylation sites (tertiary alicyclic amines) is 1. The van der Waals surface area contributed by atoms with E-state index in [0.29, 0.717) is 6.04 Å². The molecule has 160 valence electrons. The molecule has 0 saturated carbocycles. The zero-order chi connectivity index (χ0) is 20.9. The predicted octanol–water partition coefficient (Wildman–Crippen LogP) is 1.77. The SMILES string of the molecule is O=C(CNC(=O)c1cccc(C(F)(F)F)c1)N[C@@H]1CCN(C2CCCNCC2)C1. The summed E-state index contributed by atoms with van der Waals surface area (Å²) in [5, 5.41) is 8.71. The molecule has 0 aliphatic carbocycles. The van der Waals surface area contributed by atoms with E-state index in [1.165, 1.54) is 12.1 Å². The van der Waals surface area contributed by atoms with E-state index < -0.39 is 17.6 Å². The first-order valence-corrected chi connectivity index (χ1v) is 10.0. The van der Waals surface area contributed by atoms with Crippen LogP contribution in [0.15, 0.2) is 24.3 Å². The quantitative estimate of drug-likeness (QED) is 0.689. The third kappa shape index (κ3) is 6.17. The van der Waals surface area contributed by atoms with Gasteiger partial charge in [-0.1, -0.05) is 6.07 Å². The van der Waals surface area contributed by atoms with Crippen LogP contribution >= 0.6 is 0 Å². The van der Waals surface area contributed by atoms with E-state index in [1.54, 1.807) is 0 Å². The van der Waals surface area contributed by atoms with Crippen LogP contribution < -0.4 is 16.0 Å². The molecule has 2 saturated heterocycles. The van der Waals surface area contributed by atoms with Gasteiger partial charge in [0.15, 0.2) is 0 Å². The lowest BCUT2D eigenvalue weighted by Crippen LogP contribution is -2.44. The van der Waals surface area contributed by atoms with Crippen molar-refractivity contribution in [2.24, 2.45) is 0 Å². The van der Waals surface area contributed by atoms with E-state index >= 15 is 0 Å². The number of hydrogen-bond acceptors (Lipinski definition) is 4. The standard InChI is InChI=1S/C20H27F3N4O2/c21-20(22,23)15-4-1-3-14(11-15)19(29)25-12-18(28)26-16-7-10-27(13-16)17-5-2-8-24-9-6-17/h1,3-4,11,16-17,24H,2,5-10,12-13H2,(H,25,29)(H,26,28)/t16-,17?/m1/s1. The number of nitrogens with one attached hydrogen (secondary N) is 3. The van der Waals surface area contributed by atoms with Gasteiger partial charge in [-0.25, -0.2) is 0 Å². The van der Waals surface area contributed by atoms with Gasteiger partial charge in [-0.15, -0.1) is 0 Å². The lowest BCUT2D eigenvalue weighted by atomic mass is 10.1. The molecule has 2 aliphatic heterocycles. The van der Waals surface area contributed by atoms with Gasteiger partial charge in [-0.3, -0.25) is 14.5 Å². The zero-order valence-electron chi connectivity index (χ0n) is 16.2. The molecule has 2 aliphatic rings. The molecule has 1 aromatic rings. The Morgan fingerprint density at radius 3 is 2.79 bits per heavy atom. The Kier molecular flexibility index (Phi) is 7.13. The van der Waals surface area contributed by atoms with Gasteiger partial charge in [0.1, 0.15) is 0 Å². The van der Waals surface area contributed by atoms with Crippen molar-refractivity contribution in [3.05, 3.63) is 35.4 Å². The van der Waals surface area contributed by atoms with Crippen LogP contribution in [0.2, 0.25) is 0 Å². The molecular weight excluding hydrogens is 385 g/mol. The highest BCUT2D eigenvalue weighted by Gasteiger charge is 2.31. The first-order valence-electron chi connectivity index (χ1n) is 10.0. The van der Waals surface area contributed by atoms with Crippen LogP contribution in [0.3, 0.4) is 0 Å². The first kappa shape index (κ1) is 21.6. The minimum atomic E-state index is -4.52. The van der Waals surface area contributed by atoms with E-state index in [2.05, 4.69) is 20.9 Å². The minimum Gasteiger partial charge on any atom is -0.350 e. The Balaban J connectivity index is 1.44. The number of benzene rings is 1. The monoisotopic (exact) mass is 412 g/mol. The van der Waals surface area contributed by atoms with Gasteiger partial charge in [0, 0.05) is 30.7 Å². The molecule has 6 nitrogen and oxygen atoms in total. The summed E-state index contributed by atoms with van der Waals surface area (Å²) in [6.07, 6.45) is -0.249. The fourth-order valence-corrected chi connectivity index (χ4v) is 3.98. The molecule has 0 radical (unpaired) electrons. The molecule has 3 rings (SSSR count). The van der Waals surface area contributed by atoms with Gasteiger partial charge in [-0.2, -0.15) is 13.2 Å². The topological polar surface area (TPSA) is 73.5 Å². The molecule has 2 amide bonds. The van der Waals surface area contributed by atoms with Crippen molar-refractivity contribution in [3.8, 4) is 0 Å². The third-order valence-corrected chi connectivity index (χ3v) is 5.51. The predicted molar refractivity (Wildman–Crippen MR) is 102 cm³/mol. The Hall–Kier alpha value is -2.13. The van der Waals surface area contributed by atoms with Crippen molar-refractivity contribution in [1.29, 1.82) is 0 Å². The van der Waals surface area contributed by atoms with Crippen LogP contribution in [0.4, 0.5) is 13.2 Å². The summed E-state index contributed by atoms with van der Waals surface area (Å²) < 4.78 is 38.3. The zero-order valence-corrected chi connectivity index (χ0v) is 16.2.